The van der Waals surface area contributed by atoms with E-state index in [4.69, 9.17) is 4.74 Å². The highest BCUT2D eigenvalue weighted by Crippen LogP contribution is 2.58. The van der Waals surface area contributed by atoms with Crippen molar-refractivity contribution in [3.8, 4) is 0 Å². The molecular formula is C21H32O3. The normalized spacial score (nSPS) is 43.3. The van der Waals surface area contributed by atoms with Gasteiger partial charge in [-0.25, -0.2) is 0 Å². The van der Waals surface area contributed by atoms with Gasteiger partial charge in [0.05, 0.1) is 0 Å². The van der Waals surface area contributed by atoms with Crippen LogP contribution in [0.25, 0.3) is 0 Å². The number of carbonyl (C=O) groups excluding carboxylic acids is 2. The Bertz CT molecular complexity index is 563. The summed E-state index contributed by atoms with van der Waals surface area (Å²) in [5.74, 6) is 3.19. The SMILES string of the molecule is CC(=O)OC(C)[C@@]1(C)CC[C@H]2[C@@H]([C@H](C)C=C3CC(=O)CC[C@@H]32)[C@@H]1C. The lowest BCUT2D eigenvalue weighted by atomic mass is 9.49. The van der Waals surface area contributed by atoms with E-state index in [0.717, 1.165) is 19.3 Å². The lowest BCUT2D eigenvalue weighted by molar-refractivity contribution is -0.161. The molecule has 0 radical (unpaired) electrons. The highest BCUT2D eigenvalue weighted by Gasteiger charge is 2.53. The minimum absolute atomic E-state index is 0.0386. The monoisotopic (exact) mass is 332 g/mol. The van der Waals surface area contributed by atoms with Crippen molar-refractivity contribution in [3.05, 3.63) is 11.6 Å². The van der Waals surface area contributed by atoms with Crippen LogP contribution in [0.5, 0.6) is 0 Å². The number of allylic oxidation sites excluding steroid dienone is 2. The van der Waals surface area contributed by atoms with Crippen molar-refractivity contribution in [1.82, 2.24) is 0 Å². The Kier molecular flexibility index (Phi) is 4.65. The molecule has 2 saturated carbocycles. The van der Waals surface area contributed by atoms with Gasteiger partial charge in [0.25, 0.3) is 0 Å². The van der Waals surface area contributed by atoms with E-state index < -0.39 is 0 Å². The predicted molar refractivity (Wildman–Crippen MR) is 94.3 cm³/mol. The number of esters is 1. The molecule has 134 valence electrons. The number of fused-ring (bicyclic) bond motifs is 3. The zero-order chi connectivity index (χ0) is 17.6. The first-order chi connectivity index (χ1) is 11.2. The smallest absolute Gasteiger partial charge is 0.302 e. The van der Waals surface area contributed by atoms with Crippen LogP contribution in [-0.2, 0) is 14.3 Å². The van der Waals surface area contributed by atoms with Crippen molar-refractivity contribution in [2.24, 2.45) is 35.0 Å². The highest BCUT2D eigenvalue weighted by atomic mass is 16.5. The minimum Gasteiger partial charge on any atom is -0.462 e. The number of ketones is 1. The average molecular weight is 332 g/mol. The van der Waals surface area contributed by atoms with Crippen LogP contribution in [0.2, 0.25) is 0 Å². The van der Waals surface area contributed by atoms with Gasteiger partial charge in [-0.15, -0.1) is 0 Å². The highest BCUT2D eigenvalue weighted by molar-refractivity contribution is 5.82. The first-order valence-corrected chi connectivity index (χ1v) is 9.63. The average Bonchev–Trinajstić information content (AvgIpc) is 2.49. The summed E-state index contributed by atoms with van der Waals surface area (Å²) >= 11 is 0. The molecule has 0 aliphatic heterocycles. The predicted octanol–water partition coefficient (Wildman–Crippen LogP) is 4.55. The summed E-state index contributed by atoms with van der Waals surface area (Å²) in [6.45, 7) is 10.6. The molecule has 3 aliphatic carbocycles. The van der Waals surface area contributed by atoms with Crippen LogP contribution in [0.4, 0.5) is 0 Å². The number of Topliss-reactive ketones (excluding diaryl/α,β-unsaturated/α-hetero) is 1. The topological polar surface area (TPSA) is 43.4 Å². The van der Waals surface area contributed by atoms with Crippen molar-refractivity contribution in [2.45, 2.75) is 72.8 Å². The Morgan fingerprint density at radius 2 is 2.04 bits per heavy atom. The van der Waals surface area contributed by atoms with Gasteiger partial charge >= 0.3 is 5.97 Å². The number of rotatable bonds is 2. The van der Waals surface area contributed by atoms with Gasteiger partial charge in [0.1, 0.15) is 11.9 Å². The Morgan fingerprint density at radius 1 is 1.33 bits per heavy atom. The standard InChI is InChI=1S/C21H32O3/c1-12-10-16-11-17(23)6-7-18(16)19-8-9-21(5,13(2)20(12)19)14(3)24-15(4)22/h10,12-14,18-20H,6-9,11H2,1-5H3/t12-,13+,14?,18+,19-,20+,21+/m1/s1. The van der Waals surface area contributed by atoms with Crippen molar-refractivity contribution < 1.29 is 14.3 Å². The molecular weight excluding hydrogens is 300 g/mol. The second kappa shape index (κ2) is 6.31. The molecule has 0 aromatic carbocycles. The van der Waals surface area contributed by atoms with Crippen molar-refractivity contribution in [3.63, 3.8) is 0 Å². The van der Waals surface area contributed by atoms with Crippen molar-refractivity contribution in [2.75, 3.05) is 0 Å². The number of hydrogen-bond donors (Lipinski definition) is 0. The van der Waals surface area contributed by atoms with Crippen molar-refractivity contribution >= 4 is 11.8 Å². The summed E-state index contributed by atoms with van der Waals surface area (Å²) in [4.78, 5) is 23.3. The van der Waals surface area contributed by atoms with Crippen LogP contribution in [-0.4, -0.2) is 17.9 Å². The van der Waals surface area contributed by atoms with Crippen LogP contribution in [0.3, 0.4) is 0 Å². The molecule has 2 fully saturated rings. The maximum atomic E-state index is 11.9. The first-order valence-electron chi connectivity index (χ1n) is 9.63. The van der Waals surface area contributed by atoms with Crippen LogP contribution >= 0.6 is 0 Å². The number of ether oxygens (including phenoxy) is 1. The Hall–Kier alpha value is -1.12. The Morgan fingerprint density at radius 3 is 2.71 bits per heavy atom. The largest absolute Gasteiger partial charge is 0.462 e. The second-order valence-corrected chi connectivity index (χ2v) is 8.79. The Balaban J connectivity index is 1.86. The summed E-state index contributed by atoms with van der Waals surface area (Å²) in [6.07, 6.45) is 7.15. The summed E-state index contributed by atoms with van der Waals surface area (Å²) < 4.78 is 5.60. The van der Waals surface area contributed by atoms with Gasteiger partial charge in [0.15, 0.2) is 0 Å². The first kappa shape index (κ1) is 17.7. The molecule has 24 heavy (non-hydrogen) atoms. The lowest BCUT2D eigenvalue weighted by Crippen LogP contribution is -2.52. The fourth-order valence-electron chi connectivity index (χ4n) is 6.05. The van der Waals surface area contributed by atoms with E-state index in [1.807, 2.05) is 0 Å². The van der Waals surface area contributed by atoms with E-state index in [2.05, 4.69) is 33.8 Å². The fourth-order valence-corrected chi connectivity index (χ4v) is 6.05. The quantitative estimate of drug-likeness (QED) is 0.550. The molecule has 0 amide bonds. The molecule has 7 atom stereocenters. The molecule has 0 saturated heterocycles. The molecule has 0 bridgehead atoms. The molecule has 1 unspecified atom stereocenters. The zero-order valence-electron chi connectivity index (χ0n) is 15.8. The van der Waals surface area contributed by atoms with Gasteiger partial charge in [-0.1, -0.05) is 32.4 Å². The van der Waals surface area contributed by atoms with E-state index in [1.54, 1.807) is 0 Å². The molecule has 3 heteroatoms. The summed E-state index contributed by atoms with van der Waals surface area (Å²) in [5, 5.41) is 0. The van der Waals surface area contributed by atoms with E-state index in [0.29, 0.717) is 41.8 Å². The van der Waals surface area contributed by atoms with Crippen LogP contribution in [0.1, 0.15) is 66.7 Å². The van der Waals surface area contributed by atoms with Crippen LogP contribution in [0, 0.1) is 35.0 Å². The van der Waals surface area contributed by atoms with E-state index >= 15 is 0 Å². The van der Waals surface area contributed by atoms with E-state index in [1.165, 1.54) is 18.9 Å². The Labute approximate surface area is 146 Å². The van der Waals surface area contributed by atoms with Crippen LogP contribution in [0.15, 0.2) is 11.6 Å². The third-order valence-corrected chi connectivity index (χ3v) is 7.61. The van der Waals surface area contributed by atoms with Gasteiger partial charge in [0, 0.05) is 25.2 Å². The molecule has 3 rings (SSSR count). The molecule has 0 heterocycles. The fraction of sp³-hybridized carbons (Fsp3) is 0.810. The van der Waals surface area contributed by atoms with Gasteiger partial charge < -0.3 is 4.74 Å². The molecule has 0 aromatic heterocycles. The number of hydrogen-bond acceptors (Lipinski definition) is 3. The van der Waals surface area contributed by atoms with E-state index in [9.17, 15) is 9.59 Å². The third kappa shape index (κ3) is 2.84. The van der Waals surface area contributed by atoms with Crippen molar-refractivity contribution in [1.29, 1.82) is 0 Å². The minimum atomic E-state index is -0.178. The molecule has 0 spiro atoms. The molecule has 3 nitrogen and oxygen atoms in total. The van der Waals surface area contributed by atoms with Gasteiger partial charge in [0.2, 0.25) is 0 Å². The molecule has 0 aromatic rings. The maximum absolute atomic E-state index is 11.9. The third-order valence-electron chi connectivity index (χ3n) is 7.61. The number of carbonyl (C=O) groups is 2. The van der Waals surface area contributed by atoms with E-state index in [-0.39, 0.29) is 17.5 Å². The lowest BCUT2D eigenvalue weighted by Gasteiger charge is -2.56. The summed E-state index contributed by atoms with van der Waals surface area (Å²) in [7, 11) is 0. The summed E-state index contributed by atoms with van der Waals surface area (Å²) in [5.41, 5.74) is 1.46. The summed E-state index contributed by atoms with van der Waals surface area (Å²) in [6, 6.07) is 0. The zero-order valence-corrected chi connectivity index (χ0v) is 15.8. The van der Waals surface area contributed by atoms with Gasteiger partial charge in [-0.05, 0) is 55.8 Å². The molecule has 3 aliphatic rings. The van der Waals surface area contributed by atoms with Crippen LogP contribution < -0.4 is 0 Å². The second-order valence-electron chi connectivity index (χ2n) is 8.79. The van der Waals surface area contributed by atoms with Gasteiger partial charge in [-0.3, -0.25) is 9.59 Å². The maximum Gasteiger partial charge on any atom is 0.302 e. The molecule has 0 N–H and O–H groups in total. The van der Waals surface area contributed by atoms with Gasteiger partial charge in [-0.2, -0.15) is 0 Å².